The summed E-state index contributed by atoms with van der Waals surface area (Å²) in [6.45, 7) is 4.15. The molecule has 0 radical (unpaired) electrons. The first-order valence-corrected chi connectivity index (χ1v) is 11.9. The number of carbonyl (C=O) groups excluding carboxylic acids is 1. The molecular weight excluding hydrogens is 386 g/mol. The van der Waals surface area contributed by atoms with Crippen LogP contribution in [0.5, 0.6) is 0 Å². The van der Waals surface area contributed by atoms with Crippen molar-refractivity contribution >= 4 is 27.3 Å². The Morgan fingerprint density at radius 1 is 1.14 bits per heavy atom. The molecule has 1 N–H and O–H groups in total. The van der Waals surface area contributed by atoms with Crippen molar-refractivity contribution in [3.05, 3.63) is 59.7 Å². The highest BCUT2D eigenvalue weighted by Crippen LogP contribution is 2.27. The van der Waals surface area contributed by atoms with Crippen LogP contribution in [-0.2, 0) is 27.7 Å². The SMILES string of the molecule is CCc1ccccc1N(CC(=O)NCCCN1CCc2ccccc21)S(C)(=O)=O. The zero-order chi connectivity index (χ0) is 20.9. The van der Waals surface area contributed by atoms with E-state index in [1.165, 1.54) is 15.6 Å². The normalized spacial score (nSPS) is 13.2. The van der Waals surface area contributed by atoms with Gasteiger partial charge in [0.05, 0.1) is 11.9 Å². The van der Waals surface area contributed by atoms with Crippen LogP contribution < -0.4 is 14.5 Å². The molecule has 3 rings (SSSR count). The number of hydrogen-bond acceptors (Lipinski definition) is 4. The van der Waals surface area contributed by atoms with E-state index in [1.54, 1.807) is 12.1 Å². The summed E-state index contributed by atoms with van der Waals surface area (Å²) in [4.78, 5) is 14.8. The van der Waals surface area contributed by atoms with Crippen LogP contribution in [-0.4, -0.2) is 46.8 Å². The number of carbonyl (C=O) groups is 1. The molecule has 0 spiro atoms. The van der Waals surface area contributed by atoms with Crippen LogP contribution in [0.15, 0.2) is 48.5 Å². The molecule has 0 atom stereocenters. The summed E-state index contributed by atoms with van der Waals surface area (Å²) in [5, 5.41) is 2.87. The number of nitrogens with one attached hydrogen (secondary N) is 1. The van der Waals surface area contributed by atoms with E-state index in [2.05, 4.69) is 28.4 Å². The smallest absolute Gasteiger partial charge is 0.240 e. The Bertz CT molecular complexity index is 959. The number of fused-ring (bicyclic) bond motifs is 1. The molecular formula is C22H29N3O3S. The third kappa shape index (κ3) is 5.29. The van der Waals surface area contributed by atoms with Gasteiger partial charge in [0.15, 0.2) is 0 Å². The van der Waals surface area contributed by atoms with E-state index in [0.717, 1.165) is 37.8 Å². The number of amides is 1. The second-order valence-corrected chi connectivity index (χ2v) is 9.23. The summed E-state index contributed by atoms with van der Waals surface area (Å²) in [5.74, 6) is -0.289. The minimum absolute atomic E-state index is 0.206. The summed E-state index contributed by atoms with van der Waals surface area (Å²) < 4.78 is 25.8. The fraction of sp³-hybridized carbons (Fsp3) is 0.409. The Morgan fingerprint density at radius 2 is 1.86 bits per heavy atom. The third-order valence-corrected chi connectivity index (χ3v) is 6.37. The highest BCUT2D eigenvalue weighted by Gasteiger charge is 2.23. The maximum atomic E-state index is 12.4. The first-order chi connectivity index (χ1) is 13.9. The molecule has 156 valence electrons. The molecule has 0 aromatic heterocycles. The van der Waals surface area contributed by atoms with E-state index in [-0.39, 0.29) is 12.5 Å². The zero-order valence-electron chi connectivity index (χ0n) is 17.1. The van der Waals surface area contributed by atoms with E-state index < -0.39 is 10.0 Å². The first-order valence-electron chi connectivity index (χ1n) is 10.1. The Labute approximate surface area is 173 Å². The van der Waals surface area contributed by atoms with E-state index in [9.17, 15) is 13.2 Å². The molecule has 0 fully saturated rings. The topological polar surface area (TPSA) is 69.7 Å². The van der Waals surface area contributed by atoms with Crippen molar-refractivity contribution in [2.75, 3.05) is 41.6 Å². The van der Waals surface area contributed by atoms with Gasteiger partial charge in [0.25, 0.3) is 0 Å². The van der Waals surface area contributed by atoms with Crippen molar-refractivity contribution in [3.8, 4) is 0 Å². The van der Waals surface area contributed by atoms with Crippen molar-refractivity contribution in [1.29, 1.82) is 0 Å². The molecule has 7 heteroatoms. The van der Waals surface area contributed by atoms with Gasteiger partial charge in [-0.05, 0) is 42.5 Å². The molecule has 1 amide bonds. The predicted molar refractivity (Wildman–Crippen MR) is 118 cm³/mol. The Hall–Kier alpha value is -2.54. The van der Waals surface area contributed by atoms with Gasteiger partial charge in [-0.2, -0.15) is 0 Å². The number of hydrogen-bond donors (Lipinski definition) is 1. The Balaban J connectivity index is 1.53. The highest BCUT2D eigenvalue weighted by molar-refractivity contribution is 7.92. The molecule has 1 aliphatic heterocycles. The van der Waals surface area contributed by atoms with Gasteiger partial charge in [-0.3, -0.25) is 9.10 Å². The molecule has 1 heterocycles. The Kier molecular flexibility index (Phi) is 6.79. The van der Waals surface area contributed by atoms with E-state index in [0.29, 0.717) is 18.7 Å². The Morgan fingerprint density at radius 3 is 2.62 bits per heavy atom. The lowest BCUT2D eigenvalue weighted by atomic mass is 10.1. The van der Waals surface area contributed by atoms with Crippen molar-refractivity contribution in [2.45, 2.75) is 26.2 Å². The summed E-state index contributed by atoms with van der Waals surface area (Å²) in [5.41, 5.74) is 4.12. The minimum atomic E-state index is -3.56. The minimum Gasteiger partial charge on any atom is -0.371 e. The van der Waals surface area contributed by atoms with Gasteiger partial charge in [-0.25, -0.2) is 8.42 Å². The van der Waals surface area contributed by atoms with Crippen LogP contribution in [0.3, 0.4) is 0 Å². The third-order valence-electron chi connectivity index (χ3n) is 5.24. The van der Waals surface area contributed by atoms with Crippen LogP contribution in [0, 0.1) is 0 Å². The van der Waals surface area contributed by atoms with E-state index in [4.69, 9.17) is 0 Å². The summed E-state index contributed by atoms with van der Waals surface area (Å²) >= 11 is 0. The molecule has 2 aromatic carbocycles. The highest BCUT2D eigenvalue weighted by atomic mass is 32.2. The maximum absolute atomic E-state index is 12.4. The number of benzene rings is 2. The van der Waals surface area contributed by atoms with Crippen LogP contribution in [0.4, 0.5) is 11.4 Å². The van der Waals surface area contributed by atoms with Crippen molar-refractivity contribution in [1.82, 2.24) is 5.32 Å². The lowest BCUT2D eigenvalue weighted by Crippen LogP contribution is -2.41. The lowest BCUT2D eigenvalue weighted by Gasteiger charge is -2.24. The second-order valence-electron chi connectivity index (χ2n) is 7.32. The van der Waals surface area contributed by atoms with Crippen LogP contribution in [0.1, 0.15) is 24.5 Å². The van der Waals surface area contributed by atoms with Crippen LogP contribution in [0.2, 0.25) is 0 Å². The largest absolute Gasteiger partial charge is 0.371 e. The molecule has 0 bridgehead atoms. The van der Waals surface area contributed by atoms with Crippen molar-refractivity contribution in [2.24, 2.45) is 0 Å². The first kappa shape index (κ1) is 21.2. The number of nitrogens with zero attached hydrogens (tertiary/aromatic N) is 2. The fourth-order valence-corrected chi connectivity index (χ4v) is 4.64. The molecule has 2 aromatic rings. The zero-order valence-corrected chi connectivity index (χ0v) is 17.9. The fourth-order valence-electron chi connectivity index (χ4n) is 3.76. The molecule has 29 heavy (non-hydrogen) atoms. The van der Waals surface area contributed by atoms with Crippen LogP contribution >= 0.6 is 0 Å². The number of sulfonamides is 1. The molecule has 0 saturated carbocycles. The standard InChI is InChI=1S/C22H29N3O3S/c1-3-18-9-4-7-12-21(18)25(29(2,27)28)17-22(26)23-14-8-15-24-16-13-19-10-5-6-11-20(19)24/h4-7,9-12H,3,8,13-17H2,1-2H3,(H,23,26). The van der Waals surface area contributed by atoms with Crippen LogP contribution in [0.25, 0.3) is 0 Å². The molecule has 6 nitrogen and oxygen atoms in total. The summed E-state index contributed by atoms with van der Waals surface area (Å²) in [6, 6.07) is 15.7. The molecule has 0 unspecified atom stereocenters. The van der Waals surface area contributed by atoms with Gasteiger partial charge in [0.2, 0.25) is 15.9 Å². The van der Waals surface area contributed by atoms with E-state index in [1.807, 2.05) is 25.1 Å². The van der Waals surface area contributed by atoms with Gasteiger partial charge in [-0.1, -0.05) is 43.3 Å². The maximum Gasteiger partial charge on any atom is 0.240 e. The summed E-state index contributed by atoms with van der Waals surface area (Å²) in [7, 11) is -3.56. The van der Waals surface area contributed by atoms with Gasteiger partial charge in [0, 0.05) is 25.3 Å². The molecule has 0 saturated heterocycles. The quantitative estimate of drug-likeness (QED) is 0.639. The monoisotopic (exact) mass is 415 g/mol. The predicted octanol–water partition coefficient (Wildman–Crippen LogP) is 2.58. The van der Waals surface area contributed by atoms with Crippen molar-refractivity contribution in [3.63, 3.8) is 0 Å². The van der Waals surface area contributed by atoms with Gasteiger partial charge < -0.3 is 10.2 Å². The number of para-hydroxylation sites is 2. The van der Waals surface area contributed by atoms with E-state index >= 15 is 0 Å². The van der Waals surface area contributed by atoms with Gasteiger partial charge in [0.1, 0.15) is 6.54 Å². The lowest BCUT2D eigenvalue weighted by molar-refractivity contribution is -0.119. The number of rotatable bonds is 9. The average molecular weight is 416 g/mol. The van der Waals surface area contributed by atoms with Gasteiger partial charge >= 0.3 is 0 Å². The number of anilines is 2. The number of aryl methyl sites for hydroxylation is 1. The molecule has 0 aliphatic carbocycles. The average Bonchev–Trinajstić information content (AvgIpc) is 3.12. The van der Waals surface area contributed by atoms with Crippen molar-refractivity contribution < 1.29 is 13.2 Å². The molecule has 1 aliphatic rings. The second kappa shape index (κ2) is 9.31. The van der Waals surface area contributed by atoms with Gasteiger partial charge in [-0.15, -0.1) is 0 Å². The summed E-state index contributed by atoms with van der Waals surface area (Å²) in [6.07, 6.45) is 3.70.